The van der Waals surface area contributed by atoms with Crippen molar-refractivity contribution in [3.05, 3.63) is 0 Å². The second-order valence-electron chi connectivity index (χ2n) is 4.44. The van der Waals surface area contributed by atoms with Gasteiger partial charge in [-0.2, -0.15) is 0 Å². The van der Waals surface area contributed by atoms with Gasteiger partial charge in [-0.15, -0.1) is 11.6 Å². The summed E-state index contributed by atoms with van der Waals surface area (Å²) in [5.74, 6) is 1.76. The predicted octanol–water partition coefficient (Wildman–Crippen LogP) is 3.13. The first-order valence-electron chi connectivity index (χ1n) is 5.50. The molecule has 0 radical (unpaired) electrons. The van der Waals surface area contributed by atoms with Gasteiger partial charge in [-0.3, -0.25) is 0 Å². The van der Waals surface area contributed by atoms with E-state index in [-0.39, 0.29) is 0 Å². The molecule has 0 unspecified atom stereocenters. The smallest absolute Gasteiger partial charge is 0.0235 e. The molecule has 78 valence electrons. The maximum Gasteiger partial charge on any atom is 0.0235 e. The van der Waals surface area contributed by atoms with Crippen molar-refractivity contribution < 1.29 is 0 Å². The SMILES string of the molecule is CC1CCC(N(C)CCCCl)CC1. The summed E-state index contributed by atoms with van der Waals surface area (Å²) in [7, 11) is 2.24. The van der Waals surface area contributed by atoms with Crippen LogP contribution in [0.1, 0.15) is 39.0 Å². The Labute approximate surface area is 87.4 Å². The van der Waals surface area contributed by atoms with Crippen molar-refractivity contribution in [2.24, 2.45) is 5.92 Å². The number of halogens is 1. The number of hydrogen-bond donors (Lipinski definition) is 0. The molecule has 0 bridgehead atoms. The average Bonchev–Trinajstić information content (AvgIpc) is 2.15. The summed E-state index contributed by atoms with van der Waals surface area (Å²) in [6.45, 7) is 3.54. The van der Waals surface area contributed by atoms with Crippen LogP contribution in [-0.4, -0.2) is 30.4 Å². The molecular formula is C11H22ClN. The fraction of sp³-hybridized carbons (Fsp3) is 1.00. The zero-order chi connectivity index (χ0) is 9.68. The van der Waals surface area contributed by atoms with E-state index in [1.165, 1.54) is 32.2 Å². The maximum absolute atomic E-state index is 5.68. The Hall–Kier alpha value is 0.250. The standard InChI is InChI=1S/C11H22ClN/c1-10-4-6-11(7-5-10)13(2)9-3-8-12/h10-11H,3-9H2,1-2H3. The van der Waals surface area contributed by atoms with Crippen LogP contribution in [-0.2, 0) is 0 Å². The van der Waals surface area contributed by atoms with Gasteiger partial charge in [0, 0.05) is 11.9 Å². The first kappa shape index (κ1) is 11.3. The van der Waals surface area contributed by atoms with Crippen LogP contribution in [0.5, 0.6) is 0 Å². The monoisotopic (exact) mass is 203 g/mol. The summed E-state index contributed by atoms with van der Waals surface area (Å²) in [5, 5.41) is 0. The van der Waals surface area contributed by atoms with E-state index in [0.29, 0.717) is 0 Å². The molecule has 0 aliphatic heterocycles. The van der Waals surface area contributed by atoms with E-state index < -0.39 is 0 Å². The highest BCUT2D eigenvalue weighted by molar-refractivity contribution is 6.17. The number of rotatable bonds is 4. The van der Waals surface area contributed by atoms with E-state index in [9.17, 15) is 0 Å². The molecule has 1 fully saturated rings. The van der Waals surface area contributed by atoms with Gasteiger partial charge in [0.05, 0.1) is 0 Å². The molecule has 1 saturated carbocycles. The fourth-order valence-electron chi connectivity index (χ4n) is 2.17. The molecular weight excluding hydrogens is 182 g/mol. The third kappa shape index (κ3) is 3.86. The lowest BCUT2D eigenvalue weighted by atomic mass is 9.87. The van der Waals surface area contributed by atoms with Gasteiger partial charge < -0.3 is 4.90 Å². The Morgan fingerprint density at radius 3 is 2.38 bits per heavy atom. The summed E-state index contributed by atoms with van der Waals surface area (Å²) in [6, 6.07) is 0.833. The van der Waals surface area contributed by atoms with Crippen molar-refractivity contribution >= 4 is 11.6 Å². The molecule has 0 aromatic carbocycles. The van der Waals surface area contributed by atoms with Gasteiger partial charge >= 0.3 is 0 Å². The Morgan fingerprint density at radius 2 is 1.85 bits per heavy atom. The lowest BCUT2D eigenvalue weighted by molar-refractivity contribution is 0.171. The van der Waals surface area contributed by atoms with E-state index in [1.54, 1.807) is 0 Å². The van der Waals surface area contributed by atoms with E-state index in [4.69, 9.17) is 11.6 Å². The molecule has 1 nitrogen and oxygen atoms in total. The highest BCUT2D eigenvalue weighted by atomic mass is 35.5. The Morgan fingerprint density at radius 1 is 1.23 bits per heavy atom. The molecule has 0 N–H and O–H groups in total. The predicted molar refractivity (Wildman–Crippen MR) is 59.4 cm³/mol. The molecule has 0 saturated heterocycles. The molecule has 0 heterocycles. The van der Waals surface area contributed by atoms with E-state index in [2.05, 4.69) is 18.9 Å². The van der Waals surface area contributed by atoms with Crippen molar-refractivity contribution in [1.82, 2.24) is 4.90 Å². The number of alkyl halides is 1. The van der Waals surface area contributed by atoms with E-state index in [0.717, 1.165) is 24.3 Å². The van der Waals surface area contributed by atoms with Crippen LogP contribution in [0.3, 0.4) is 0 Å². The molecule has 1 aliphatic rings. The Kier molecular flexibility index (Phi) is 5.12. The Balaban J connectivity index is 2.19. The quantitative estimate of drug-likeness (QED) is 0.635. The molecule has 0 atom stereocenters. The molecule has 0 spiro atoms. The van der Waals surface area contributed by atoms with Crippen molar-refractivity contribution in [2.75, 3.05) is 19.5 Å². The summed E-state index contributed by atoms with van der Waals surface area (Å²) in [6.07, 6.45) is 6.73. The minimum absolute atomic E-state index is 0.799. The zero-order valence-corrected chi connectivity index (χ0v) is 9.69. The van der Waals surface area contributed by atoms with Gasteiger partial charge in [-0.05, 0) is 51.6 Å². The van der Waals surface area contributed by atoms with Crippen LogP contribution in [0.2, 0.25) is 0 Å². The summed E-state index contributed by atoms with van der Waals surface area (Å²) in [5.41, 5.74) is 0. The summed E-state index contributed by atoms with van der Waals surface area (Å²) in [4.78, 5) is 2.49. The normalized spacial score (nSPS) is 29.5. The van der Waals surface area contributed by atoms with Crippen LogP contribution in [0.15, 0.2) is 0 Å². The topological polar surface area (TPSA) is 3.24 Å². The second-order valence-corrected chi connectivity index (χ2v) is 4.81. The largest absolute Gasteiger partial charge is 0.303 e. The van der Waals surface area contributed by atoms with Gasteiger partial charge in [-0.1, -0.05) is 6.92 Å². The third-order valence-electron chi connectivity index (χ3n) is 3.25. The van der Waals surface area contributed by atoms with Gasteiger partial charge in [0.15, 0.2) is 0 Å². The molecule has 1 rings (SSSR count). The van der Waals surface area contributed by atoms with Gasteiger partial charge in [-0.25, -0.2) is 0 Å². The van der Waals surface area contributed by atoms with Crippen molar-refractivity contribution in [1.29, 1.82) is 0 Å². The molecule has 0 aromatic heterocycles. The van der Waals surface area contributed by atoms with Gasteiger partial charge in [0.25, 0.3) is 0 Å². The average molecular weight is 204 g/mol. The van der Waals surface area contributed by atoms with Crippen LogP contribution in [0.25, 0.3) is 0 Å². The molecule has 0 aromatic rings. The summed E-state index contributed by atoms with van der Waals surface area (Å²) < 4.78 is 0. The molecule has 13 heavy (non-hydrogen) atoms. The van der Waals surface area contributed by atoms with Crippen molar-refractivity contribution in [2.45, 2.75) is 45.1 Å². The van der Waals surface area contributed by atoms with Gasteiger partial charge in [0.1, 0.15) is 0 Å². The van der Waals surface area contributed by atoms with Crippen LogP contribution < -0.4 is 0 Å². The van der Waals surface area contributed by atoms with Crippen LogP contribution in [0, 0.1) is 5.92 Å². The minimum atomic E-state index is 0.799. The number of nitrogens with zero attached hydrogens (tertiary/aromatic N) is 1. The van der Waals surface area contributed by atoms with Crippen molar-refractivity contribution in [3.63, 3.8) is 0 Å². The molecule has 1 aliphatic carbocycles. The maximum atomic E-state index is 5.68. The second kappa shape index (κ2) is 5.87. The molecule has 2 heteroatoms. The highest BCUT2D eigenvalue weighted by Crippen LogP contribution is 2.26. The number of hydrogen-bond acceptors (Lipinski definition) is 1. The lowest BCUT2D eigenvalue weighted by Gasteiger charge is -2.33. The Bertz CT molecular complexity index is 130. The van der Waals surface area contributed by atoms with Gasteiger partial charge in [0.2, 0.25) is 0 Å². The van der Waals surface area contributed by atoms with Crippen molar-refractivity contribution in [3.8, 4) is 0 Å². The van der Waals surface area contributed by atoms with Crippen LogP contribution in [0.4, 0.5) is 0 Å². The van der Waals surface area contributed by atoms with Crippen LogP contribution >= 0.6 is 11.6 Å². The van der Waals surface area contributed by atoms with E-state index in [1.807, 2.05) is 0 Å². The molecule has 0 amide bonds. The third-order valence-corrected chi connectivity index (χ3v) is 3.52. The zero-order valence-electron chi connectivity index (χ0n) is 8.93. The highest BCUT2D eigenvalue weighted by Gasteiger charge is 2.20. The first-order valence-corrected chi connectivity index (χ1v) is 6.03. The fourth-order valence-corrected chi connectivity index (χ4v) is 2.29. The summed E-state index contributed by atoms with van der Waals surface area (Å²) >= 11 is 5.68. The minimum Gasteiger partial charge on any atom is -0.303 e. The lowest BCUT2D eigenvalue weighted by Crippen LogP contribution is -2.35. The van der Waals surface area contributed by atoms with E-state index >= 15 is 0 Å². The first-order chi connectivity index (χ1) is 6.24.